The van der Waals surface area contributed by atoms with Crippen molar-refractivity contribution in [3.63, 3.8) is 0 Å². The molecule has 2 N–H and O–H groups in total. The third-order valence-corrected chi connectivity index (χ3v) is 5.67. The summed E-state index contributed by atoms with van der Waals surface area (Å²) in [5.41, 5.74) is -1.62. The Balaban J connectivity index is 2.17. The van der Waals surface area contributed by atoms with E-state index in [9.17, 15) is 19.8 Å². The topological polar surface area (TPSA) is 74.6 Å². The monoisotopic (exact) mass is 264 g/mol. The molecule has 3 rings (SSSR count). The second-order valence-electron chi connectivity index (χ2n) is 7.37. The molecule has 0 bridgehead atoms. The van der Waals surface area contributed by atoms with Gasteiger partial charge in [0.1, 0.15) is 5.60 Å². The van der Waals surface area contributed by atoms with E-state index in [-0.39, 0.29) is 29.5 Å². The van der Waals surface area contributed by atoms with Gasteiger partial charge in [-0.15, -0.1) is 0 Å². The van der Waals surface area contributed by atoms with Crippen LogP contribution in [-0.2, 0) is 9.59 Å². The SMILES string of the molecule is CC1(C)C[C@H]2C=C(C(=O)O)[C@@H]3CC(=O)C(C)(O)[C@]23C1. The normalized spacial score (nSPS) is 46.9. The van der Waals surface area contributed by atoms with Crippen LogP contribution in [0.15, 0.2) is 11.6 Å². The van der Waals surface area contributed by atoms with Gasteiger partial charge in [-0.25, -0.2) is 4.79 Å². The summed E-state index contributed by atoms with van der Waals surface area (Å²) in [6.07, 6.45) is 3.52. The Labute approximate surface area is 112 Å². The van der Waals surface area contributed by atoms with Crippen molar-refractivity contribution in [2.45, 2.75) is 45.6 Å². The Kier molecular flexibility index (Phi) is 2.23. The van der Waals surface area contributed by atoms with Crippen molar-refractivity contribution in [3.8, 4) is 0 Å². The number of rotatable bonds is 1. The number of ketones is 1. The summed E-state index contributed by atoms with van der Waals surface area (Å²) in [6.45, 7) is 5.84. The first-order valence-corrected chi connectivity index (χ1v) is 6.82. The van der Waals surface area contributed by atoms with Crippen molar-refractivity contribution in [2.75, 3.05) is 0 Å². The largest absolute Gasteiger partial charge is 0.478 e. The van der Waals surface area contributed by atoms with Gasteiger partial charge < -0.3 is 10.2 Å². The fourth-order valence-electron chi connectivity index (χ4n) is 5.00. The quantitative estimate of drug-likeness (QED) is 0.757. The molecule has 0 radical (unpaired) electrons. The first kappa shape index (κ1) is 12.9. The van der Waals surface area contributed by atoms with Crippen LogP contribution < -0.4 is 0 Å². The molecular weight excluding hydrogens is 244 g/mol. The Hall–Kier alpha value is -1.16. The first-order valence-electron chi connectivity index (χ1n) is 6.82. The molecule has 4 atom stereocenters. The van der Waals surface area contributed by atoms with Crippen LogP contribution in [0.5, 0.6) is 0 Å². The van der Waals surface area contributed by atoms with E-state index < -0.39 is 17.0 Å². The molecule has 0 heterocycles. The minimum absolute atomic E-state index is 0.0000463. The number of allylic oxidation sites excluding steroid dienone is 1. The van der Waals surface area contributed by atoms with Gasteiger partial charge >= 0.3 is 5.97 Å². The van der Waals surface area contributed by atoms with Crippen molar-refractivity contribution in [3.05, 3.63) is 11.6 Å². The smallest absolute Gasteiger partial charge is 0.331 e. The molecule has 4 heteroatoms. The summed E-state index contributed by atoms with van der Waals surface area (Å²) < 4.78 is 0. The molecule has 19 heavy (non-hydrogen) atoms. The molecule has 0 aromatic carbocycles. The maximum atomic E-state index is 12.2. The minimum Gasteiger partial charge on any atom is -0.478 e. The molecule has 2 fully saturated rings. The van der Waals surface area contributed by atoms with Crippen molar-refractivity contribution >= 4 is 11.8 Å². The second-order valence-corrected chi connectivity index (χ2v) is 7.37. The van der Waals surface area contributed by atoms with Crippen LogP contribution >= 0.6 is 0 Å². The number of Topliss-reactive ketones (excluding diaryl/α,β-unsaturated/α-hetero) is 1. The third-order valence-electron chi connectivity index (χ3n) is 5.67. The van der Waals surface area contributed by atoms with Gasteiger partial charge in [-0.3, -0.25) is 4.79 Å². The summed E-state index contributed by atoms with van der Waals surface area (Å²) in [5.74, 6) is -1.46. The molecule has 2 saturated carbocycles. The van der Waals surface area contributed by atoms with Gasteiger partial charge in [-0.2, -0.15) is 0 Å². The van der Waals surface area contributed by atoms with Crippen LogP contribution in [0, 0.1) is 22.7 Å². The molecule has 3 aliphatic rings. The molecule has 1 unspecified atom stereocenters. The first-order chi connectivity index (χ1) is 8.62. The average molecular weight is 264 g/mol. The van der Waals surface area contributed by atoms with Crippen LogP contribution in [0.25, 0.3) is 0 Å². The number of hydrogen-bond acceptors (Lipinski definition) is 3. The van der Waals surface area contributed by atoms with Crippen molar-refractivity contribution in [2.24, 2.45) is 22.7 Å². The Bertz CT molecular complexity index is 514. The maximum Gasteiger partial charge on any atom is 0.331 e. The fourth-order valence-corrected chi connectivity index (χ4v) is 5.00. The van der Waals surface area contributed by atoms with Gasteiger partial charge in [0.2, 0.25) is 0 Å². The molecule has 104 valence electrons. The second kappa shape index (κ2) is 3.29. The van der Waals surface area contributed by atoms with Gasteiger partial charge in [0, 0.05) is 23.3 Å². The van der Waals surface area contributed by atoms with Gasteiger partial charge in [-0.1, -0.05) is 19.9 Å². The standard InChI is InChI=1S/C15H20O4/c1-13(2)6-8-4-9(12(17)18)10-5-11(16)14(3,19)15(8,10)7-13/h4,8,10,19H,5-7H2,1-3H3,(H,17,18)/t8-,10+,14?,15-/m1/s1. The molecule has 0 aromatic rings. The number of carboxylic acids is 1. The van der Waals surface area contributed by atoms with Crippen LogP contribution in [0.4, 0.5) is 0 Å². The van der Waals surface area contributed by atoms with Crippen LogP contribution in [0.3, 0.4) is 0 Å². The van der Waals surface area contributed by atoms with Crippen molar-refractivity contribution in [1.82, 2.24) is 0 Å². The maximum absolute atomic E-state index is 12.2. The van der Waals surface area contributed by atoms with E-state index in [1.165, 1.54) is 0 Å². The van der Waals surface area contributed by atoms with Gasteiger partial charge in [0.05, 0.1) is 0 Å². The number of aliphatic carboxylic acids is 1. The Morgan fingerprint density at radius 3 is 2.58 bits per heavy atom. The van der Waals surface area contributed by atoms with E-state index in [2.05, 4.69) is 13.8 Å². The Morgan fingerprint density at radius 1 is 1.37 bits per heavy atom. The number of carbonyl (C=O) groups excluding carboxylic acids is 1. The number of aliphatic hydroxyl groups is 1. The molecular formula is C15H20O4. The average Bonchev–Trinajstić information content (AvgIpc) is 2.74. The molecule has 3 aliphatic carbocycles. The number of hydrogen-bond donors (Lipinski definition) is 2. The van der Waals surface area contributed by atoms with E-state index in [4.69, 9.17) is 0 Å². The van der Waals surface area contributed by atoms with E-state index in [1.807, 2.05) is 6.08 Å². The lowest BCUT2D eigenvalue weighted by molar-refractivity contribution is -0.144. The van der Waals surface area contributed by atoms with Crippen molar-refractivity contribution in [1.29, 1.82) is 0 Å². The molecule has 1 spiro atoms. The predicted octanol–water partition coefficient (Wildman–Crippen LogP) is 1.77. The molecule has 4 nitrogen and oxygen atoms in total. The Morgan fingerprint density at radius 2 is 2.00 bits per heavy atom. The highest BCUT2D eigenvalue weighted by atomic mass is 16.4. The lowest BCUT2D eigenvalue weighted by Crippen LogP contribution is -2.49. The van der Waals surface area contributed by atoms with Crippen molar-refractivity contribution < 1.29 is 19.8 Å². The molecule has 0 aliphatic heterocycles. The van der Waals surface area contributed by atoms with E-state index in [0.29, 0.717) is 12.0 Å². The summed E-state index contributed by atoms with van der Waals surface area (Å²) in [6, 6.07) is 0. The highest BCUT2D eigenvalue weighted by molar-refractivity contribution is 5.97. The lowest BCUT2D eigenvalue weighted by Gasteiger charge is -2.40. The number of carbonyl (C=O) groups is 2. The highest BCUT2D eigenvalue weighted by Crippen LogP contribution is 2.70. The third kappa shape index (κ3) is 1.33. The number of carboxylic acid groups (broad SMARTS) is 1. The highest BCUT2D eigenvalue weighted by Gasteiger charge is 2.72. The van der Waals surface area contributed by atoms with Gasteiger partial charge in [0.25, 0.3) is 0 Å². The van der Waals surface area contributed by atoms with E-state index in [0.717, 1.165) is 6.42 Å². The molecule has 0 amide bonds. The van der Waals surface area contributed by atoms with Gasteiger partial charge in [0.15, 0.2) is 5.78 Å². The van der Waals surface area contributed by atoms with E-state index >= 15 is 0 Å². The minimum atomic E-state index is -1.40. The van der Waals surface area contributed by atoms with Crippen LogP contribution in [0.1, 0.15) is 40.0 Å². The summed E-state index contributed by atoms with van der Waals surface area (Å²) in [7, 11) is 0. The van der Waals surface area contributed by atoms with Gasteiger partial charge in [-0.05, 0) is 31.1 Å². The van der Waals surface area contributed by atoms with Crippen LogP contribution in [0.2, 0.25) is 0 Å². The summed E-state index contributed by atoms with van der Waals surface area (Å²) in [5, 5.41) is 20.1. The summed E-state index contributed by atoms with van der Waals surface area (Å²) in [4.78, 5) is 23.5. The zero-order valence-corrected chi connectivity index (χ0v) is 11.6. The zero-order valence-electron chi connectivity index (χ0n) is 11.6. The molecule has 0 saturated heterocycles. The van der Waals surface area contributed by atoms with Crippen LogP contribution in [-0.4, -0.2) is 27.6 Å². The lowest BCUT2D eigenvalue weighted by atomic mass is 9.65. The molecule has 0 aromatic heterocycles. The van der Waals surface area contributed by atoms with E-state index in [1.54, 1.807) is 6.92 Å². The predicted molar refractivity (Wildman–Crippen MR) is 68.4 cm³/mol. The summed E-state index contributed by atoms with van der Waals surface area (Å²) >= 11 is 0. The fraction of sp³-hybridized carbons (Fsp3) is 0.733. The zero-order chi connectivity index (χ0) is 14.2.